The Balaban J connectivity index is 2.93. The molecule has 0 spiro atoms. The molecular weight excluding hydrogens is 184 g/mol. The Morgan fingerprint density at radius 3 is 2.29 bits per heavy atom. The van der Waals surface area contributed by atoms with Crippen molar-refractivity contribution in [3.8, 4) is 0 Å². The first-order chi connectivity index (χ1) is 6.59. The minimum absolute atomic E-state index is 0.0949. The van der Waals surface area contributed by atoms with Gasteiger partial charge in [0, 0.05) is 0 Å². The van der Waals surface area contributed by atoms with Gasteiger partial charge in [0.25, 0.3) is 0 Å². The van der Waals surface area contributed by atoms with E-state index in [0.29, 0.717) is 6.42 Å². The molecule has 78 valence electrons. The second kappa shape index (κ2) is 4.26. The lowest BCUT2D eigenvalue weighted by molar-refractivity contribution is -0.165. The first-order valence-corrected chi connectivity index (χ1v) is 4.71. The molecule has 2 N–H and O–H groups in total. The van der Waals surface area contributed by atoms with Crippen molar-refractivity contribution in [2.75, 3.05) is 0 Å². The molecule has 4 nitrogen and oxygen atoms in total. The maximum absolute atomic E-state index is 11.0. The van der Waals surface area contributed by atoms with Crippen LogP contribution in [-0.4, -0.2) is 22.2 Å². The summed E-state index contributed by atoms with van der Waals surface area (Å²) in [5, 5.41) is 17.9. The molecule has 0 radical (unpaired) electrons. The zero-order chi connectivity index (χ0) is 10.6. The summed E-state index contributed by atoms with van der Waals surface area (Å²) in [5.41, 5.74) is -1.60. The van der Waals surface area contributed by atoms with Gasteiger partial charge in [0.1, 0.15) is 0 Å². The summed E-state index contributed by atoms with van der Waals surface area (Å²) in [7, 11) is 0. The third kappa shape index (κ3) is 1.95. The molecule has 14 heavy (non-hydrogen) atoms. The van der Waals surface area contributed by atoms with E-state index >= 15 is 0 Å². The average Bonchev–Trinajstić information content (AvgIpc) is 2.02. The van der Waals surface area contributed by atoms with E-state index in [2.05, 4.69) is 0 Å². The summed E-state index contributed by atoms with van der Waals surface area (Å²) < 4.78 is 0. The van der Waals surface area contributed by atoms with Crippen LogP contribution in [0.15, 0.2) is 12.2 Å². The maximum Gasteiger partial charge on any atom is 0.321 e. The van der Waals surface area contributed by atoms with Gasteiger partial charge in [0.15, 0.2) is 5.41 Å². The number of carboxylic acid groups (broad SMARTS) is 2. The number of hydrogen-bond donors (Lipinski definition) is 2. The molecule has 0 heterocycles. The number of rotatable bonds is 2. The third-order valence-corrected chi connectivity index (χ3v) is 2.68. The highest BCUT2D eigenvalue weighted by molar-refractivity contribution is 5.98. The Labute approximate surface area is 82.2 Å². The van der Waals surface area contributed by atoms with Crippen molar-refractivity contribution in [2.45, 2.75) is 32.1 Å². The largest absolute Gasteiger partial charge is 0.480 e. The fourth-order valence-corrected chi connectivity index (χ4v) is 1.67. The number of hydrogen-bond acceptors (Lipinski definition) is 2. The van der Waals surface area contributed by atoms with Crippen LogP contribution in [-0.2, 0) is 9.59 Å². The minimum atomic E-state index is -1.60. The number of allylic oxidation sites excluding steroid dienone is 2. The molecule has 0 saturated heterocycles. The molecule has 0 aliphatic heterocycles. The Morgan fingerprint density at radius 2 is 1.71 bits per heavy atom. The summed E-state index contributed by atoms with van der Waals surface area (Å²) in [6.45, 7) is 0. The van der Waals surface area contributed by atoms with Gasteiger partial charge in [-0.25, -0.2) is 0 Å². The molecule has 0 atom stereocenters. The van der Waals surface area contributed by atoms with E-state index < -0.39 is 17.4 Å². The van der Waals surface area contributed by atoms with Crippen molar-refractivity contribution in [3.05, 3.63) is 12.2 Å². The molecular formula is C10H14O4. The molecule has 0 saturated carbocycles. The molecule has 0 bridgehead atoms. The molecule has 0 aromatic carbocycles. The SMILES string of the molecule is O=C(O)C1(C(=O)O)CC=CCCCC1. The first-order valence-electron chi connectivity index (χ1n) is 4.71. The highest BCUT2D eigenvalue weighted by Crippen LogP contribution is 2.32. The Kier molecular flexibility index (Phi) is 3.28. The topological polar surface area (TPSA) is 74.6 Å². The predicted octanol–water partition coefficient (Wildman–Crippen LogP) is 1.66. The predicted molar refractivity (Wildman–Crippen MR) is 49.9 cm³/mol. The lowest BCUT2D eigenvalue weighted by Gasteiger charge is -2.24. The molecule has 1 rings (SSSR count). The quantitative estimate of drug-likeness (QED) is 0.522. The molecule has 1 aliphatic carbocycles. The van der Waals surface area contributed by atoms with E-state index in [4.69, 9.17) is 10.2 Å². The van der Waals surface area contributed by atoms with Crippen LogP contribution >= 0.6 is 0 Å². The van der Waals surface area contributed by atoms with Crippen molar-refractivity contribution in [2.24, 2.45) is 5.41 Å². The van der Waals surface area contributed by atoms with Gasteiger partial charge in [-0.1, -0.05) is 18.6 Å². The maximum atomic E-state index is 11.0. The van der Waals surface area contributed by atoms with Gasteiger partial charge in [0.05, 0.1) is 0 Å². The summed E-state index contributed by atoms with van der Waals surface area (Å²) in [6, 6.07) is 0. The van der Waals surface area contributed by atoms with Gasteiger partial charge in [0.2, 0.25) is 0 Å². The lowest BCUT2D eigenvalue weighted by atomic mass is 9.78. The van der Waals surface area contributed by atoms with Crippen molar-refractivity contribution in [1.82, 2.24) is 0 Å². The number of carboxylic acids is 2. The summed E-state index contributed by atoms with van der Waals surface area (Å²) in [6.07, 6.45) is 6.28. The van der Waals surface area contributed by atoms with Gasteiger partial charge < -0.3 is 10.2 Å². The Bertz CT molecular complexity index is 253. The van der Waals surface area contributed by atoms with Crippen LogP contribution in [0.2, 0.25) is 0 Å². The number of aliphatic carboxylic acids is 2. The van der Waals surface area contributed by atoms with Crippen LogP contribution in [0.1, 0.15) is 32.1 Å². The normalized spacial score (nSPS) is 20.9. The fourth-order valence-electron chi connectivity index (χ4n) is 1.67. The molecule has 0 amide bonds. The molecule has 0 aromatic rings. The second-order valence-corrected chi connectivity index (χ2v) is 3.61. The van der Waals surface area contributed by atoms with Gasteiger partial charge >= 0.3 is 11.9 Å². The summed E-state index contributed by atoms with van der Waals surface area (Å²) in [4.78, 5) is 21.9. The average molecular weight is 198 g/mol. The van der Waals surface area contributed by atoms with Crippen LogP contribution in [0.3, 0.4) is 0 Å². The summed E-state index contributed by atoms with van der Waals surface area (Å²) in [5.74, 6) is -2.45. The van der Waals surface area contributed by atoms with Crippen LogP contribution in [0, 0.1) is 5.41 Å². The van der Waals surface area contributed by atoms with Crippen LogP contribution in [0.5, 0.6) is 0 Å². The highest BCUT2D eigenvalue weighted by atomic mass is 16.4. The van der Waals surface area contributed by atoms with E-state index in [0.717, 1.165) is 12.8 Å². The Hall–Kier alpha value is -1.32. The molecule has 0 fully saturated rings. The zero-order valence-corrected chi connectivity index (χ0v) is 7.90. The minimum Gasteiger partial charge on any atom is -0.480 e. The van der Waals surface area contributed by atoms with E-state index in [-0.39, 0.29) is 12.8 Å². The standard InChI is InChI=1S/C10H14O4/c11-8(12)10(9(13)14)6-4-2-1-3-5-7-10/h2,4H,1,3,5-7H2,(H,11,12)(H,13,14). The lowest BCUT2D eigenvalue weighted by Crippen LogP contribution is -2.39. The van der Waals surface area contributed by atoms with Gasteiger partial charge in [-0.2, -0.15) is 0 Å². The van der Waals surface area contributed by atoms with Crippen LogP contribution in [0.4, 0.5) is 0 Å². The zero-order valence-electron chi connectivity index (χ0n) is 7.90. The second-order valence-electron chi connectivity index (χ2n) is 3.61. The fraction of sp³-hybridized carbons (Fsp3) is 0.600. The number of carbonyl (C=O) groups is 2. The summed E-state index contributed by atoms with van der Waals surface area (Å²) >= 11 is 0. The van der Waals surface area contributed by atoms with Crippen molar-refractivity contribution in [3.63, 3.8) is 0 Å². The van der Waals surface area contributed by atoms with Crippen molar-refractivity contribution >= 4 is 11.9 Å². The van der Waals surface area contributed by atoms with Gasteiger partial charge in [-0.15, -0.1) is 0 Å². The van der Waals surface area contributed by atoms with E-state index in [1.54, 1.807) is 6.08 Å². The van der Waals surface area contributed by atoms with Crippen LogP contribution < -0.4 is 0 Å². The van der Waals surface area contributed by atoms with Crippen LogP contribution in [0.25, 0.3) is 0 Å². The molecule has 0 aromatic heterocycles. The molecule has 1 aliphatic rings. The van der Waals surface area contributed by atoms with Gasteiger partial charge in [-0.05, 0) is 25.7 Å². The third-order valence-electron chi connectivity index (χ3n) is 2.68. The van der Waals surface area contributed by atoms with Gasteiger partial charge in [-0.3, -0.25) is 9.59 Å². The molecule has 0 unspecified atom stereocenters. The monoisotopic (exact) mass is 198 g/mol. The van der Waals surface area contributed by atoms with Crippen molar-refractivity contribution < 1.29 is 19.8 Å². The highest BCUT2D eigenvalue weighted by Gasteiger charge is 2.45. The van der Waals surface area contributed by atoms with E-state index in [1.807, 2.05) is 6.08 Å². The van der Waals surface area contributed by atoms with E-state index in [1.165, 1.54) is 0 Å². The smallest absolute Gasteiger partial charge is 0.321 e. The van der Waals surface area contributed by atoms with E-state index in [9.17, 15) is 9.59 Å². The Morgan fingerprint density at radius 1 is 1.07 bits per heavy atom. The molecule has 4 heteroatoms. The van der Waals surface area contributed by atoms with Crippen molar-refractivity contribution in [1.29, 1.82) is 0 Å². The first kappa shape index (κ1) is 10.8.